The average Bonchev–Trinajstić information content (AvgIpc) is 3.00. The molecule has 1 aliphatic rings. The fourth-order valence-electron chi connectivity index (χ4n) is 2.71. The number of carbonyl (C=O) groups excluding carboxylic acids is 1. The Morgan fingerprint density at radius 3 is 2.25 bits per heavy atom. The van der Waals surface area contributed by atoms with E-state index in [1.807, 2.05) is 36.4 Å². The Balaban J connectivity index is 1.52. The molecule has 0 saturated heterocycles. The summed E-state index contributed by atoms with van der Waals surface area (Å²) in [6.07, 6.45) is -2.35. The van der Waals surface area contributed by atoms with Crippen LogP contribution in [0.25, 0.3) is 0 Å². The number of hydrogen-bond acceptors (Lipinski definition) is 2. The third-order valence-corrected chi connectivity index (χ3v) is 3.96. The first-order valence-corrected chi connectivity index (χ1v) is 7.82. The van der Waals surface area contributed by atoms with Crippen molar-refractivity contribution in [1.82, 2.24) is 10.2 Å². The first-order chi connectivity index (χ1) is 11.6. The molecule has 0 saturated carbocycles. The number of hydrogen-bond donors (Lipinski definition) is 2. The molecule has 4 nitrogen and oxygen atoms in total. The highest BCUT2D eigenvalue weighted by Crippen LogP contribution is 2.23. The average molecular weight is 331 g/mol. The van der Waals surface area contributed by atoms with Crippen molar-refractivity contribution < 1.29 is 13.6 Å². The lowest BCUT2D eigenvalue weighted by atomic mass is 10.1. The summed E-state index contributed by atoms with van der Waals surface area (Å²) in [6.45, 7) is 1.27. The molecule has 2 amide bonds. The van der Waals surface area contributed by atoms with Crippen LogP contribution < -0.4 is 10.6 Å². The zero-order chi connectivity index (χ0) is 16.9. The Labute approximate surface area is 139 Å². The van der Waals surface area contributed by atoms with E-state index in [2.05, 4.69) is 10.6 Å². The monoisotopic (exact) mass is 331 g/mol. The van der Waals surface area contributed by atoms with Gasteiger partial charge in [-0.25, -0.2) is 13.6 Å². The molecule has 0 spiro atoms. The molecule has 24 heavy (non-hydrogen) atoms. The summed E-state index contributed by atoms with van der Waals surface area (Å²) in [6, 6.07) is 15.0. The van der Waals surface area contributed by atoms with Gasteiger partial charge < -0.3 is 15.5 Å². The minimum atomic E-state index is -2.35. The smallest absolute Gasteiger partial charge is 0.316 e. The van der Waals surface area contributed by atoms with Gasteiger partial charge >= 0.3 is 6.03 Å². The quantitative estimate of drug-likeness (QED) is 0.879. The highest BCUT2D eigenvalue weighted by molar-refractivity contribution is 5.89. The Kier molecular flexibility index (Phi) is 5.05. The van der Waals surface area contributed by atoms with Crippen molar-refractivity contribution in [3.8, 4) is 0 Å². The maximum Gasteiger partial charge on any atom is 0.322 e. The number of alkyl halides is 2. The molecule has 2 N–H and O–H groups in total. The van der Waals surface area contributed by atoms with E-state index in [0.29, 0.717) is 25.3 Å². The number of fused-ring (bicyclic) bond motifs is 1. The number of nitrogens with zero attached hydrogens (tertiary/aromatic N) is 1. The lowest BCUT2D eigenvalue weighted by Gasteiger charge is -2.16. The second-order valence-corrected chi connectivity index (χ2v) is 5.77. The summed E-state index contributed by atoms with van der Waals surface area (Å²) < 4.78 is 24.2. The summed E-state index contributed by atoms with van der Waals surface area (Å²) in [4.78, 5) is 14.1. The number of halogens is 2. The van der Waals surface area contributed by atoms with E-state index in [1.165, 1.54) is 11.1 Å². The second kappa shape index (κ2) is 7.40. The SMILES string of the molecule is O=C(Nc1ccc(CNCC(F)F)cc1)N1Cc2ccccc2C1. The molecule has 0 atom stereocenters. The van der Waals surface area contributed by atoms with Gasteiger partial charge in [0, 0.05) is 25.3 Å². The Morgan fingerprint density at radius 2 is 1.67 bits per heavy atom. The van der Waals surface area contributed by atoms with Gasteiger partial charge in [-0.2, -0.15) is 0 Å². The Hall–Kier alpha value is -2.47. The van der Waals surface area contributed by atoms with Crippen molar-refractivity contribution in [2.45, 2.75) is 26.1 Å². The van der Waals surface area contributed by atoms with Crippen molar-refractivity contribution in [1.29, 1.82) is 0 Å². The van der Waals surface area contributed by atoms with E-state index >= 15 is 0 Å². The summed E-state index contributed by atoms with van der Waals surface area (Å²) in [5.74, 6) is 0. The molecule has 2 aromatic carbocycles. The summed E-state index contributed by atoms with van der Waals surface area (Å²) in [7, 11) is 0. The van der Waals surface area contributed by atoms with Gasteiger partial charge in [-0.1, -0.05) is 36.4 Å². The maximum absolute atomic E-state index is 12.3. The molecule has 0 aromatic heterocycles. The van der Waals surface area contributed by atoms with E-state index in [1.54, 1.807) is 17.0 Å². The standard InChI is InChI=1S/C18H19F2N3O/c19-17(20)10-21-9-13-5-7-16(8-6-13)22-18(24)23-11-14-3-1-2-4-15(14)12-23/h1-8,17,21H,9-12H2,(H,22,24). The van der Waals surface area contributed by atoms with Crippen LogP contribution in [0.1, 0.15) is 16.7 Å². The third-order valence-electron chi connectivity index (χ3n) is 3.96. The van der Waals surface area contributed by atoms with E-state index < -0.39 is 6.43 Å². The molecule has 0 radical (unpaired) electrons. The maximum atomic E-state index is 12.3. The van der Waals surface area contributed by atoms with E-state index in [-0.39, 0.29) is 12.6 Å². The van der Waals surface area contributed by atoms with Crippen LogP contribution in [0.5, 0.6) is 0 Å². The molecular weight excluding hydrogens is 312 g/mol. The number of anilines is 1. The van der Waals surface area contributed by atoms with E-state index in [9.17, 15) is 13.6 Å². The predicted octanol–water partition coefficient (Wildman–Crippen LogP) is 3.59. The summed E-state index contributed by atoms with van der Waals surface area (Å²) in [5.41, 5.74) is 3.93. The van der Waals surface area contributed by atoms with Crippen LogP contribution in [0.2, 0.25) is 0 Å². The normalized spacial score (nSPS) is 13.2. The van der Waals surface area contributed by atoms with Gasteiger partial charge in [-0.15, -0.1) is 0 Å². The number of nitrogens with one attached hydrogen (secondary N) is 2. The predicted molar refractivity (Wildman–Crippen MR) is 88.9 cm³/mol. The van der Waals surface area contributed by atoms with Gasteiger partial charge in [0.05, 0.1) is 6.54 Å². The van der Waals surface area contributed by atoms with Gasteiger partial charge in [-0.3, -0.25) is 0 Å². The molecule has 126 valence electrons. The van der Waals surface area contributed by atoms with Crippen LogP contribution in [0, 0.1) is 0 Å². The summed E-state index contributed by atoms with van der Waals surface area (Å²) >= 11 is 0. The number of urea groups is 1. The molecule has 0 fully saturated rings. The molecule has 1 aliphatic heterocycles. The van der Waals surface area contributed by atoms with Gasteiger partial charge in [0.1, 0.15) is 0 Å². The van der Waals surface area contributed by atoms with Crippen LogP contribution >= 0.6 is 0 Å². The van der Waals surface area contributed by atoms with Gasteiger partial charge in [0.2, 0.25) is 0 Å². The van der Waals surface area contributed by atoms with Crippen molar-refractivity contribution >= 4 is 11.7 Å². The summed E-state index contributed by atoms with van der Waals surface area (Å²) in [5, 5.41) is 5.54. The van der Waals surface area contributed by atoms with E-state index in [0.717, 1.165) is 5.56 Å². The minimum Gasteiger partial charge on any atom is -0.316 e. The molecule has 3 rings (SSSR count). The fraction of sp³-hybridized carbons (Fsp3) is 0.278. The number of amides is 2. The molecule has 1 heterocycles. The first-order valence-electron chi connectivity index (χ1n) is 7.82. The van der Waals surface area contributed by atoms with Gasteiger partial charge in [-0.05, 0) is 28.8 Å². The minimum absolute atomic E-state index is 0.144. The fourth-order valence-corrected chi connectivity index (χ4v) is 2.71. The Bertz CT molecular complexity index is 679. The second-order valence-electron chi connectivity index (χ2n) is 5.77. The zero-order valence-corrected chi connectivity index (χ0v) is 13.1. The van der Waals surface area contributed by atoms with Crippen LogP contribution in [-0.2, 0) is 19.6 Å². The van der Waals surface area contributed by atoms with Crippen LogP contribution in [-0.4, -0.2) is 23.9 Å². The van der Waals surface area contributed by atoms with Crippen LogP contribution in [0.15, 0.2) is 48.5 Å². The molecule has 2 aromatic rings. The zero-order valence-electron chi connectivity index (χ0n) is 13.1. The van der Waals surface area contributed by atoms with Crippen molar-refractivity contribution in [2.24, 2.45) is 0 Å². The lowest BCUT2D eigenvalue weighted by molar-refractivity contribution is 0.145. The van der Waals surface area contributed by atoms with Crippen LogP contribution in [0.3, 0.4) is 0 Å². The van der Waals surface area contributed by atoms with E-state index in [4.69, 9.17) is 0 Å². The van der Waals surface area contributed by atoms with Gasteiger partial charge in [0.15, 0.2) is 0 Å². The van der Waals surface area contributed by atoms with Crippen molar-refractivity contribution in [3.05, 3.63) is 65.2 Å². The highest BCUT2D eigenvalue weighted by Gasteiger charge is 2.22. The van der Waals surface area contributed by atoms with Crippen molar-refractivity contribution in [3.63, 3.8) is 0 Å². The lowest BCUT2D eigenvalue weighted by Crippen LogP contribution is -2.30. The molecule has 0 aliphatic carbocycles. The molecular formula is C18H19F2N3O. The number of carbonyl (C=O) groups is 1. The topological polar surface area (TPSA) is 44.4 Å². The molecule has 0 bridgehead atoms. The molecule has 0 unspecified atom stereocenters. The third kappa shape index (κ3) is 4.08. The molecule has 6 heteroatoms. The van der Waals surface area contributed by atoms with Gasteiger partial charge in [0.25, 0.3) is 6.43 Å². The number of benzene rings is 2. The Morgan fingerprint density at radius 1 is 1.04 bits per heavy atom. The highest BCUT2D eigenvalue weighted by atomic mass is 19.3. The van der Waals surface area contributed by atoms with Crippen LogP contribution in [0.4, 0.5) is 19.3 Å². The first kappa shape index (κ1) is 16.4. The largest absolute Gasteiger partial charge is 0.322 e. The van der Waals surface area contributed by atoms with Crippen molar-refractivity contribution in [2.75, 3.05) is 11.9 Å². The number of rotatable bonds is 5.